The molecule has 19 heavy (non-hydrogen) atoms. The number of ether oxygens (including phenoxy) is 1. The molecule has 2 saturated heterocycles. The van der Waals surface area contributed by atoms with Crippen LogP contribution in [-0.2, 0) is 4.74 Å². The van der Waals surface area contributed by atoms with Crippen LogP contribution in [0, 0.1) is 0 Å². The summed E-state index contributed by atoms with van der Waals surface area (Å²) in [5, 5.41) is 12.8. The molecule has 3 N–H and O–H groups in total. The van der Waals surface area contributed by atoms with Crippen molar-refractivity contribution in [2.24, 2.45) is 0 Å². The van der Waals surface area contributed by atoms with Gasteiger partial charge in [-0.1, -0.05) is 0 Å². The maximum Gasteiger partial charge on any atom is 0.254 e. The van der Waals surface area contributed by atoms with Gasteiger partial charge in [-0.2, -0.15) is 5.10 Å². The van der Waals surface area contributed by atoms with E-state index in [1.165, 1.54) is 6.20 Å². The molecule has 1 aromatic heterocycles. The van der Waals surface area contributed by atoms with Gasteiger partial charge in [-0.3, -0.25) is 9.89 Å². The number of piperidine rings is 1. The van der Waals surface area contributed by atoms with E-state index in [2.05, 4.69) is 20.8 Å². The standard InChI is InChI=1S/C12H18N4O2.ClH/c17-11(9-6-14-15-7-9)16-10-5-12(18-8-10)1-3-13-4-2-12;/h6-7,10,13H,1-5,8H2,(H,14,15)(H,16,17);1H. The fourth-order valence-electron chi connectivity index (χ4n) is 2.81. The van der Waals surface area contributed by atoms with Crippen molar-refractivity contribution in [3.63, 3.8) is 0 Å². The lowest BCUT2D eigenvalue weighted by atomic mass is 9.88. The van der Waals surface area contributed by atoms with Crippen LogP contribution in [0.3, 0.4) is 0 Å². The summed E-state index contributed by atoms with van der Waals surface area (Å²) < 4.78 is 5.93. The fourth-order valence-corrected chi connectivity index (χ4v) is 2.81. The summed E-state index contributed by atoms with van der Waals surface area (Å²) in [5.74, 6) is -0.0802. The molecule has 2 aliphatic heterocycles. The van der Waals surface area contributed by atoms with Gasteiger partial charge in [-0.15, -0.1) is 12.4 Å². The van der Waals surface area contributed by atoms with Gasteiger partial charge in [0.2, 0.25) is 0 Å². The number of H-pyrrole nitrogens is 1. The molecule has 1 unspecified atom stereocenters. The molecule has 1 amide bonds. The van der Waals surface area contributed by atoms with E-state index in [1.54, 1.807) is 6.20 Å². The summed E-state index contributed by atoms with van der Waals surface area (Å²) in [4.78, 5) is 11.9. The van der Waals surface area contributed by atoms with E-state index in [4.69, 9.17) is 4.74 Å². The third-order valence-corrected chi connectivity index (χ3v) is 3.82. The molecule has 2 aliphatic rings. The van der Waals surface area contributed by atoms with Crippen LogP contribution in [0.5, 0.6) is 0 Å². The monoisotopic (exact) mass is 286 g/mol. The highest BCUT2D eigenvalue weighted by Crippen LogP contribution is 2.33. The highest BCUT2D eigenvalue weighted by atomic mass is 35.5. The summed E-state index contributed by atoms with van der Waals surface area (Å²) in [5.41, 5.74) is 0.556. The Kier molecular flexibility index (Phi) is 4.44. The van der Waals surface area contributed by atoms with E-state index in [-0.39, 0.29) is 30.0 Å². The summed E-state index contributed by atoms with van der Waals surface area (Å²) in [7, 11) is 0. The van der Waals surface area contributed by atoms with Crippen LogP contribution in [0.15, 0.2) is 12.4 Å². The summed E-state index contributed by atoms with van der Waals surface area (Å²) in [6, 6.07) is 0.116. The maximum atomic E-state index is 11.9. The zero-order valence-corrected chi connectivity index (χ0v) is 11.5. The lowest BCUT2D eigenvalue weighted by Crippen LogP contribution is -2.43. The predicted octanol–water partition coefficient (Wildman–Crippen LogP) is 0.472. The number of carbonyl (C=O) groups is 1. The average molecular weight is 287 g/mol. The second kappa shape index (κ2) is 5.90. The Morgan fingerprint density at radius 3 is 2.95 bits per heavy atom. The average Bonchev–Trinajstić information content (AvgIpc) is 3.01. The zero-order chi connectivity index (χ0) is 12.4. The van der Waals surface area contributed by atoms with Gasteiger partial charge in [0.05, 0.1) is 30.0 Å². The number of nitrogens with zero attached hydrogens (tertiary/aromatic N) is 1. The first-order valence-corrected chi connectivity index (χ1v) is 6.42. The topological polar surface area (TPSA) is 79.0 Å². The van der Waals surface area contributed by atoms with Gasteiger partial charge < -0.3 is 15.4 Å². The molecular weight excluding hydrogens is 268 g/mol. The minimum Gasteiger partial charge on any atom is -0.373 e. The quantitative estimate of drug-likeness (QED) is 0.739. The highest BCUT2D eigenvalue weighted by molar-refractivity contribution is 5.93. The second-order valence-electron chi connectivity index (χ2n) is 5.11. The first-order valence-electron chi connectivity index (χ1n) is 6.42. The van der Waals surface area contributed by atoms with Crippen molar-refractivity contribution in [3.05, 3.63) is 18.0 Å². The molecule has 7 heteroatoms. The summed E-state index contributed by atoms with van der Waals surface area (Å²) >= 11 is 0. The minimum absolute atomic E-state index is 0. The molecule has 0 bridgehead atoms. The molecule has 1 spiro atoms. The van der Waals surface area contributed by atoms with E-state index in [1.807, 2.05) is 0 Å². The Morgan fingerprint density at radius 1 is 1.47 bits per heavy atom. The number of aromatic amines is 1. The number of amides is 1. The van der Waals surface area contributed by atoms with Gasteiger partial charge in [0.1, 0.15) is 0 Å². The van der Waals surface area contributed by atoms with Crippen molar-refractivity contribution in [2.45, 2.75) is 30.9 Å². The number of rotatable bonds is 2. The van der Waals surface area contributed by atoms with Crippen molar-refractivity contribution in [1.82, 2.24) is 20.8 Å². The fraction of sp³-hybridized carbons (Fsp3) is 0.667. The lowest BCUT2D eigenvalue weighted by Gasteiger charge is -2.32. The van der Waals surface area contributed by atoms with Crippen molar-refractivity contribution < 1.29 is 9.53 Å². The molecule has 1 atom stereocenters. The predicted molar refractivity (Wildman–Crippen MR) is 72.5 cm³/mol. The number of nitrogens with one attached hydrogen (secondary N) is 3. The van der Waals surface area contributed by atoms with Crippen molar-refractivity contribution in [1.29, 1.82) is 0 Å². The minimum atomic E-state index is -0.0802. The van der Waals surface area contributed by atoms with Gasteiger partial charge in [0.15, 0.2) is 0 Å². The van der Waals surface area contributed by atoms with Crippen molar-refractivity contribution >= 4 is 18.3 Å². The van der Waals surface area contributed by atoms with E-state index in [0.717, 1.165) is 32.4 Å². The van der Waals surface area contributed by atoms with E-state index < -0.39 is 0 Å². The molecule has 0 radical (unpaired) electrons. The summed E-state index contributed by atoms with van der Waals surface area (Å²) in [6.07, 6.45) is 6.12. The van der Waals surface area contributed by atoms with Crippen LogP contribution < -0.4 is 10.6 Å². The molecule has 1 aromatic rings. The smallest absolute Gasteiger partial charge is 0.254 e. The molecule has 0 aliphatic carbocycles. The molecule has 3 rings (SSSR count). The molecule has 6 nitrogen and oxygen atoms in total. The SMILES string of the molecule is Cl.O=C(NC1COC2(CCNCC2)C1)c1cn[nH]c1. The van der Waals surface area contributed by atoms with Gasteiger partial charge >= 0.3 is 0 Å². The van der Waals surface area contributed by atoms with Crippen LogP contribution in [0.2, 0.25) is 0 Å². The Labute approximate surface area is 118 Å². The van der Waals surface area contributed by atoms with Gasteiger partial charge in [-0.05, 0) is 32.4 Å². The van der Waals surface area contributed by atoms with Gasteiger partial charge in [0, 0.05) is 6.20 Å². The van der Waals surface area contributed by atoms with Crippen LogP contribution >= 0.6 is 12.4 Å². The molecule has 2 fully saturated rings. The Balaban J connectivity index is 0.00000133. The Bertz CT molecular complexity index is 417. The lowest BCUT2D eigenvalue weighted by molar-refractivity contribution is -0.0194. The molecule has 106 valence electrons. The van der Waals surface area contributed by atoms with Crippen LogP contribution in [-0.4, -0.2) is 47.4 Å². The highest BCUT2D eigenvalue weighted by Gasteiger charge is 2.41. The Hall–Kier alpha value is -1.11. The molecular formula is C12H19ClN4O2. The van der Waals surface area contributed by atoms with Crippen LogP contribution in [0.4, 0.5) is 0 Å². The third kappa shape index (κ3) is 3.08. The van der Waals surface area contributed by atoms with Crippen molar-refractivity contribution in [3.8, 4) is 0 Å². The first-order chi connectivity index (χ1) is 8.77. The van der Waals surface area contributed by atoms with Crippen LogP contribution in [0.25, 0.3) is 0 Å². The van der Waals surface area contributed by atoms with E-state index in [0.29, 0.717) is 12.2 Å². The zero-order valence-electron chi connectivity index (χ0n) is 10.6. The number of carbonyl (C=O) groups excluding carboxylic acids is 1. The van der Waals surface area contributed by atoms with E-state index >= 15 is 0 Å². The summed E-state index contributed by atoms with van der Waals surface area (Å²) in [6.45, 7) is 2.62. The van der Waals surface area contributed by atoms with Crippen LogP contribution in [0.1, 0.15) is 29.6 Å². The van der Waals surface area contributed by atoms with Crippen molar-refractivity contribution in [2.75, 3.05) is 19.7 Å². The number of aromatic nitrogens is 2. The maximum absolute atomic E-state index is 11.9. The number of hydrogen-bond acceptors (Lipinski definition) is 4. The normalized spacial score (nSPS) is 24.9. The van der Waals surface area contributed by atoms with Gasteiger partial charge in [-0.25, -0.2) is 0 Å². The number of hydrogen-bond donors (Lipinski definition) is 3. The third-order valence-electron chi connectivity index (χ3n) is 3.82. The second-order valence-corrected chi connectivity index (χ2v) is 5.11. The van der Waals surface area contributed by atoms with Gasteiger partial charge in [0.25, 0.3) is 5.91 Å². The van der Waals surface area contributed by atoms with E-state index in [9.17, 15) is 4.79 Å². The molecule has 3 heterocycles. The first kappa shape index (κ1) is 14.3. The number of halogens is 1. The largest absolute Gasteiger partial charge is 0.373 e. The Morgan fingerprint density at radius 2 is 2.26 bits per heavy atom. The molecule has 0 aromatic carbocycles. The molecule has 0 saturated carbocycles.